The molecule has 0 bridgehead atoms. The molecule has 0 aromatic carbocycles. The zero-order chi connectivity index (χ0) is 12.3. The van der Waals surface area contributed by atoms with E-state index < -0.39 is 0 Å². The Morgan fingerprint density at radius 2 is 2.18 bits per heavy atom. The molecule has 0 aliphatic carbocycles. The van der Waals surface area contributed by atoms with E-state index in [1.807, 2.05) is 13.8 Å². The third-order valence-corrected chi connectivity index (χ3v) is 3.79. The largest absolute Gasteiger partial charge is 0.312 e. The predicted molar refractivity (Wildman–Crippen MR) is 70.3 cm³/mol. The molecule has 0 saturated carbocycles. The van der Waals surface area contributed by atoms with Crippen molar-refractivity contribution in [2.45, 2.75) is 33.7 Å². The first-order valence-corrected chi connectivity index (χ1v) is 6.67. The first-order chi connectivity index (χ1) is 8.16. The maximum Gasteiger partial charge on any atom is 0.0940 e. The summed E-state index contributed by atoms with van der Waals surface area (Å²) in [5, 5.41) is 13.9. The molecule has 2 heterocycles. The predicted octanol–water partition coefficient (Wildman–Crippen LogP) is 2.12. The van der Waals surface area contributed by atoms with E-state index in [0.29, 0.717) is 0 Å². The smallest absolute Gasteiger partial charge is 0.0940 e. The molecular weight excluding hydrogens is 232 g/mol. The van der Waals surface area contributed by atoms with Gasteiger partial charge in [0, 0.05) is 41.8 Å². The number of aromatic nitrogens is 3. The molecule has 4 nitrogen and oxygen atoms in total. The van der Waals surface area contributed by atoms with Crippen molar-refractivity contribution in [3.63, 3.8) is 0 Å². The summed E-state index contributed by atoms with van der Waals surface area (Å²) in [6.45, 7) is 7.95. The van der Waals surface area contributed by atoms with Crippen LogP contribution < -0.4 is 5.32 Å². The van der Waals surface area contributed by atoms with Gasteiger partial charge in [0.2, 0.25) is 0 Å². The summed E-state index contributed by atoms with van der Waals surface area (Å²) in [5.74, 6) is 0. The van der Waals surface area contributed by atoms with Crippen LogP contribution in [0.15, 0.2) is 5.38 Å². The molecule has 0 spiro atoms. The van der Waals surface area contributed by atoms with Crippen molar-refractivity contribution in [1.29, 1.82) is 0 Å². The van der Waals surface area contributed by atoms with Crippen LogP contribution in [0, 0.1) is 20.8 Å². The monoisotopic (exact) mass is 250 g/mol. The fourth-order valence-corrected chi connectivity index (χ4v) is 2.54. The van der Waals surface area contributed by atoms with Gasteiger partial charge in [0.15, 0.2) is 0 Å². The fourth-order valence-electron chi connectivity index (χ4n) is 1.76. The maximum absolute atomic E-state index is 4.44. The molecule has 0 atom stereocenters. The van der Waals surface area contributed by atoms with Gasteiger partial charge >= 0.3 is 0 Å². The quantitative estimate of drug-likeness (QED) is 0.799. The number of rotatable bonds is 5. The normalized spacial score (nSPS) is 11.0. The standard InChI is InChI=1S/C12H18N4S/c1-8-7-17-12(14-8)4-5-13-6-11-9(2)15-16-10(11)3/h7,13H,4-6H2,1-3H3,(H,15,16). The van der Waals surface area contributed by atoms with Crippen LogP contribution in [0.5, 0.6) is 0 Å². The molecule has 2 aromatic rings. The number of H-pyrrole nitrogens is 1. The Morgan fingerprint density at radius 1 is 1.35 bits per heavy atom. The zero-order valence-corrected chi connectivity index (χ0v) is 11.3. The molecule has 0 aliphatic rings. The van der Waals surface area contributed by atoms with Crippen LogP contribution in [-0.2, 0) is 13.0 Å². The first kappa shape index (κ1) is 12.3. The highest BCUT2D eigenvalue weighted by Gasteiger charge is 2.05. The molecule has 0 saturated heterocycles. The van der Waals surface area contributed by atoms with E-state index in [9.17, 15) is 0 Å². The molecular formula is C12H18N4S. The third kappa shape index (κ3) is 3.14. The summed E-state index contributed by atoms with van der Waals surface area (Å²) in [6.07, 6.45) is 0.994. The second-order valence-electron chi connectivity index (χ2n) is 4.22. The Hall–Kier alpha value is -1.20. The van der Waals surface area contributed by atoms with Crippen LogP contribution in [0.3, 0.4) is 0 Å². The van der Waals surface area contributed by atoms with E-state index in [-0.39, 0.29) is 0 Å². The van der Waals surface area contributed by atoms with Gasteiger partial charge in [-0.1, -0.05) is 0 Å². The minimum Gasteiger partial charge on any atom is -0.312 e. The van der Waals surface area contributed by atoms with Crippen molar-refractivity contribution < 1.29 is 0 Å². The van der Waals surface area contributed by atoms with Gasteiger partial charge in [0.1, 0.15) is 0 Å². The summed E-state index contributed by atoms with van der Waals surface area (Å²) >= 11 is 1.73. The Kier molecular flexibility index (Phi) is 3.91. The Bertz CT molecular complexity index is 467. The van der Waals surface area contributed by atoms with Crippen molar-refractivity contribution in [3.05, 3.63) is 33.0 Å². The van der Waals surface area contributed by atoms with Gasteiger partial charge in [-0.05, 0) is 20.8 Å². The fraction of sp³-hybridized carbons (Fsp3) is 0.500. The van der Waals surface area contributed by atoms with Crippen molar-refractivity contribution in [2.24, 2.45) is 0 Å². The van der Waals surface area contributed by atoms with E-state index in [1.165, 1.54) is 10.6 Å². The lowest BCUT2D eigenvalue weighted by Crippen LogP contribution is -2.17. The molecule has 0 fully saturated rings. The minimum atomic E-state index is 0.874. The van der Waals surface area contributed by atoms with Crippen molar-refractivity contribution in [2.75, 3.05) is 6.54 Å². The maximum atomic E-state index is 4.44. The molecule has 2 aromatic heterocycles. The Balaban J connectivity index is 1.77. The summed E-state index contributed by atoms with van der Waals surface area (Å²) in [4.78, 5) is 4.44. The lowest BCUT2D eigenvalue weighted by Gasteiger charge is -2.03. The molecule has 2 rings (SSSR count). The van der Waals surface area contributed by atoms with Crippen LogP contribution in [0.4, 0.5) is 0 Å². The zero-order valence-electron chi connectivity index (χ0n) is 10.5. The lowest BCUT2D eigenvalue weighted by molar-refractivity contribution is 0.680. The number of nitrogens with one attached hydrogen (secondary N) is 2. The van der Waals surface area contributed by atoms with Crippen molar-refractivity contribution in [3.8, 4) is 0 Å². The van der Waals surface area contributed by atoms with Crippen LogP contribution in [0.1, 0.15) is 27.7 Å². The summed E-state index contributed by atoms with van der Waals surface area (Å²) < 4.78 is 0. The van der Waals surface area contributed by atoms with Gasteiger partial charge < -0.3 is 5.32 Å². The molecule has 0 radical (unpaired) electrons. The van der Waals surface area contributed by atoms with E-state index in [4.69, 9.17) is 0 Å². The molecule has 0 aliphatic heterocycles. The molecule has 0 unspecified atom stereocenters. The highest BCUT2D eigenvalue weighted by Crippen LogP contribution is 2.10. The number of hydrogen-bond donors (Lipinski definition) is 2. The first-order valence-electron chi connectivity index (χ1n) is 5.79. The van der Waals surface area contributed by atoms with Crippen molar-refractivity contribution >= 4 is 11.3 Å². The molecule has 0 amide bonds. The van der Waals surface area contributed by atoms with Crippen LogP contribution >= 0.6 is 11.3 Å². The lowest BCUT2D eigenvalue weighted by atomic mass is 10.2. The highest BCUT2D eigenvalue weighted by molar-refractivity contribution is 7.09. The topological polar surface area (TPSA) is 53.6 Å². The summed E-state index contributed by atoms with van der Waals surface area (Å²) in [5.41, 5.74) is 4.63. The summed E-state index contributed by atoms with van der Waals surface area (Å²) in [6, 6.07) is 0. The van der Waals surface area contributed by atoms with Gasteiger partial charge in [0.05, 0.1) is 10.7 Å². The molecule has 2 N–H and O–H groups in total. The number of thiazole rings is 1. The van der Waals surface area contributed by atoms with Crippen molar-refractivity contribution in [1.82, 2.24) is 20.5 Å². The minimum absolute atomic E-state index is 0.874. The number of aryl methyl sites for hydroxylation is 3. The van der Waals surface area contributed by atoms with Gasteiger partial charge in [-0.3, -0.25) is 5.10 Å². The average Bonchev–Trinajstić information content (AvgIpc) is 2.83. The second-order valence-corrected chi connectivity index (χ2v) is 5.16. The van der Waals surface area contributed by atoms with E-state index >= 15 is 0 Å². The SMILES string of the molecule is Cc1csc(CCNCc2c(C)n[nH]c2C)n1. The van der Waals surface area contributed by atoms with Crippen LogP contribution in [0.25, 0.3) is 0 Å². The number of hydrogen-bond acceptors (Lipinski definition) is 4. The molecule has 5 heteroatoms. The van der Waals surface area contributed by atoms with E-state index in [0.717, 1.165) is 36.6 Å². The van der Waals surface area contributed by atoms with E-state index in [1.54, 1.807) is 11.3 Å². The van der Waals surface area contributed by atoms with Crippen LogP contribution in [-0.4, -0.2) is 21.7 Å². The average molecular weight is 250 g/mol. The van der Waals surface area contributed by atoms with Gasteiger partial charge in [-0.25, -0.2) is 4.98 Å². The van der Waals surface area contributed by atoms with Crippen LogP contribution in [0.2, 0.25) is 0 Å². The molecule has 17 heavy (non-hydrogen) atoms. The number of aromatic amines is 1. The summed E-state index contributed by atoms with van der Waals surface area (Å²) in [7, 11) is 0. The van der Waals surface area contributed by atoms with Gasteiger partial charge in [-0.2, -0.15) is 5.10 Å². The Morgan fingerprint density at radius 3 is 2.76 bits per heavy atom. The van der Waals surface area contributed by atoms with Gasteiger partial charge in [0.25, 0.3) is 0 Å². The molecule has 92 valence electrons. The van der Waals surface area contributed by atoms with E-state index in [2.05, 4.69) is 32.8 Å². The second kappa shape index (κ2) is 5.42. The third-order valence-electron chi connectivity index (χ3n) is 2.76. The number of nitrogens with zero attached hydrogens (tertiary/aromatic N) is 2. The van der Waals surface area contributed by atoms with Gasteiger partial charge in [-0.15, -0.1) is 11.3 Å². The Labute approximate surface area is 105 Å². The highest BCUT2D eigenvalue weighted by atomic mass is 32.1.